The van der Waals surface area contributed by atoms with Gasteiger partial charge in [-0.2, -0.15) is 0 Å². The summed E-state index contributed by atoms with van der Waals surface area (Å²) in [4.78, 5) is 112. The number of nitrogens with one attached hydrogen (secondary N) is 6. The van der Waals surface area contributed by atoms with Crippen LogP contribution in [0.25, 0.3) is 0 Å². The lowest BCUT2D eigenvalue weighted by Crippen LogP contribution is -2.61. The van der Waals surface area contributed by atoms with Crippen LogP contribution in [-0.4, -0.2) is 117 Å². The van der Waals surface area contributed by atoms with Crippen LogP contribution in [0.2, 0.25) is 0 Å². The molecule has 57 heavy (non-hydrogen) atoms. The lowest BCUT2D eigenvalue weighted by atomic mass is 9.97. The maximum atomic E-state index is 13.9. The van der Waals surface area contributed by atoms with Crippen LogP contribution in [0.1, 0.15) is 56.5 Å². The highest BCUT2D eigenvalue weighted by Crippen LogP contribution is 2.14. The number of hydrogen-bond donors (Lipinski definition) is 11. The monoisotopic (exact) mass is 799 g/mol. The number of carbonyl (C=O) groups is 9. The number of aliphatic carboxylic acids is 2. The molecule has 0 heterocycles. The highest BCUT2D eigenvalue weighted by atomic mass is 16.4. The molecule has 20 nitrogen and oxygen atoms in total. The van der Waals surface area contributed by atoms with Gasteiger partial charge in [0.15, 0.2) is 6.10 Å². The predicted octanol–water partition coefficient (Wildman–Crippen LogP) is -1.43. The number of carbonyl (C=O) groups excluding carboxylic acids is 6. The average Bonchev–Trinajstić information content (AvgIpc) is 3.14. The molecule has 0 saturated carbocycles. The van der Waals surface area contributed by atoms with Crippen LogP contribution in [0.3, 0.4) is 0 Å². The van der Waals surface area contributed by atoms with Crippen LogP contribution in [-0.2, 0) is 44.8 Å². The third-order valence-corrected chi connectivity index (χ3v) is 8.29. The first-order valence-corrected chi connectivity index (χ1v) is 17.8. The van der Waals surface area contributed by atoms with Crippen molar-refractivity contribution in [1.82, 2.24) is 26.6 Å². The Balaban J connectivity index is 2.31. The van der Waals surface area contributed by atoms with Crippen molar-refractivity contribution in [3.05, 3.63) is 65.7 Å². The van der Waals surface area contributed by atoms with E-state index in [2.05, 4.69) is 26.6 Å². The van der Waals surface area contributed by atoms with Crippen molar-refractivity contribution in [3.8, 4) is 0 Å². The molecule has 0 spiro atoms. The van der Waals surface area contributed by atoms with E-state index in [0.29, 0.717) is 5.56 Å². The second-order valence-electron chi connectivity index (χ2n) is 13.8. The number of hydrogen-bond acceptors (Lipinski definition) is 11. The van der Waals surface area contributed by atoms with E-state index in [1.165, 1.54) is 24.3 Å². The zero-order valence-corrected chi connectivity index (χ0v) is 31.7. The highest BCUT2D eigenvalue weighted by Gasteiger charge is 2.35. The number of aliphatic hydroxyl groups is 1. The first-order valence-electron chi connectivity index (χ1n) is 17.8. The summed E-state index contributed by atoms with van der Waals surface area (Å²) in [6.45, 7) is 6.16. The van der Waals surface area contributed by atoms with Gasteiger partial charge in [0.05, 0.1) is 18.0 Å². The fraction of sp³-hybridized carbons (Fsp3) is 0.432. The number of anilines is 1. The number of aromatic carboxylic acids is 1. The van der Waals surface area contributed by atoms with E-state index in [0.717, 1.165) is 0 Å². The molecule has 0 aliphatic carbocycles. The Kier molecular flexibility index (Phi) is 18.2. The molecular formula is C37H49N7O13. The molecule has 2 aromatic rings. The van der Waals surface area contributed by atoms with E-state index in [-0.39, 0.29) is 30.0 Å². The van der Waals surface area contributed by atoms with Gasteiger partial charge in [0.1, 0.15) is 24.2 Å². The molecule has 0 unspecified atom stereocenters. The third kappa shape index (κ3) is 15.7. The van der Waals surface area contributed by atoms with Gasteiger partial charge >= 0.3 is 23.8 Å². The quantitative estimate of drug-likeness (QED) is 0.0646. The third-order valence-electron chi connectivity index (χ3n) is 8.29. The van der Waals surface area contributed by atoms with Crippen molar-refractivity contribution in [2.45, 2.75) is 83.3 Å². The van der Waals surface area contributed by atoms with Gasteiger partial charge in [-0.3, -0.25) is 33.6 Å². The number of nitrogens with two attached hydrogens (primary N) is 1. The van der Waals surface area contributed by atoms with E-state index in [4.69, 9.17) is 15.9 Å². The molecule has 2 rings (SSSR count). The molecule has 0 aliphatic rings. The lowest BCUT2D eigenvalue weighted by Gasteiger charge is -2.30. The first-order chi connectivity index (χ1) is 26.7. The predicted molar refractivity (Wildman–Crippen MR) is 201 cm³/mol. The van der Waals surface area contributed by atoms with E-state index in [1.54, 1.807) is 58.0 Å². The number of carboxylic acids is 3. The van der Waals surface area contributed by atoms with Crippen LogP contribution in [0.15, 0.2) is 54.6 Å². The Bertz CT molecular complexity index is 1770. The SMILES string of the molecule is CC(C)C[C@H](NC(=O)[C@@H](NC(=O)[C@@H](N)CNC(=O)C(=O)O)C(C)C)C(=O)N[C@@H](Cc1ccccc1)[C@@H](O)C(=O)N[C@@H](CC(=O)O)C(=O)Nc1ccc(C(=O)O)cc1. The maximum Gasteiger partial charge on any atom is 0.394 e. The molecule has 0 aromatic heterocycles. The molecule has 0 bridgehead atoms. The standard InChI is InChI=1S/C37H49N7O13/c1-18(2)14-25(42-33(51)28(19(3)4)44-30(48)23(38)17-39-35(53)37(56)57)32(50)41-24(15-20-8-6-5-7-9-20)29(47)34(52)43-26(16-27(45)46)31(49)40-22-12-10-21(11-13-22)36(54)55/h5-13,18-19,23-26,28-29,47H,14-17,38H2,1-4H3,(H,39,53)(H,40,49)(H,41,50)(H,42,51)(H,43,52)(H,44,48)(H,45,46)(H,54,55)(H,56,57)/t23-,24-,25-,26-,28-,29+/m0/s1. The van der Waals surface area contributed by atoms with E-state index < -0.39 is 109 Å². The molecular weight excluding hydrogens is 750 g/mol. The van der Waals surface area contributed by atoms with Gasteiger partial charge in [-0.25, -0.2) is 9.59 Å². The van der Waals surface area contributed by atoms with Gasteiger partial charge in [0, 0.05) is 12.2 Å². The Labute approximate surface area is 327 Å². The molecule has 20 heteroatoms. The number of aliphatic hydroxyl groups excluding tert-OH is 1. The molecule has 0 saturated heterocycles. The van der Waals surface area contributed by atoms with Crippen LogP contribution < -0.4 is 37.6 Å². The number of benzene rings is 2. The fourth-order valence-corrected chi connectivity index (χ4v) is 5.27. The van der Waals surface area contributed by atoms with E-state index in [1.807, 2.05) is 5.32 Å². The van der Waals surface area contributed by atoms with E-state index >= 15 is 0 Å². The van der Waals surface area contributed by atoms with E-state index in [9.17, 15) is 53.4 Å². The molecule has 0 radical (unpaired) electrons. The average molecular weight is 800 g/mol. The second kappa shape index (κ2) is 22.2. The minimum Gasteiger partial charge on any atom is -0.481 e. The van der Waals surface area contributed by atoms with Crippen molar-refractivity contribution in [1.29, 1.82) is 0 Å². The second-order valence-corrected chi connectivity index (χ2v) is 13.8. The molecule has 6 atom stereocenters. The van der Waals surface area contributed by atoms with Gasteiger partial charge in [-0.15, -0.1) is 0 Å². The van der Waals surface area contributed by atoms with Crippen LogP contribution in [0.5, 0.6) is 0 Å². The Morgan fingerprint density at radius 1 is 0.684 bits per heavy atom. The summed E-state index contributed by atoms with van der Waals surface area (Å²) in [6.07, 6.45) is -3.08. The minimum absolute atomic E-state index is 0.0473. The van der Waals surface area contributed by atoms with Crippen molar-refractivity contribution in [2.24, 2.45) is 17.6 Å². The van der Waals surface area contributed by atoms with Crippen molar-refractivity contribution >= 4 is 59.0 Å². The molecule has 0 aliphatic heterocycles. The summed E-state index contributed by atoms with van der Waals surface area (Å²) in [5.41, 5.74) is 6.35. The maximum absolute atomic E-state index is 13.9. The lowest BCUT2D eigenvalue weighted by molar-refractivity contribution is -0.150. The first kappa shape index (κ1) is 46.7. The summed E-state index contributed by atoms with van der Waals surface area (Å²) in [7, 11) is 0. The van der Waals surface area contributed by atoms with Crippen molar-refractivity contribution in [2.75, 3.05) is 11.9 Å². The molecule has 0 fully saturated rings. The summed E-state index contributed by atoms with van der Waals surface area (Å²) < 4.78 is 0. The zero-order chi connectivity index (χ0) is 43.0. The topological polar surface area (TPSA) is 333 Å². The summed E-state index contributed by atoms with van der Waals surface area (Å²) >= 11 is 0. The van der Waals surface area contributed by atoms with Crippen molar-refractivity contribution in [3.63, 3.8) is 0 Å². The summed E-state index contributed by atoms with van der Waals surface area (Å²) in [6, 6.07) is 6.16. The summed E-state index contributed by atoms with van der Waals surface area (Å²) in [5, 5.41) is 52.8. The Morgan fingerprint density at radius 2 is 1.28 bits per heavy atom. The zero-order valence-electron chi connectivity index (χ0n) is 31.7. The number of rotatable bonds is 21. The fourth-order valence-electron chi connectivity index (χ4n) is 5.27. The highest BCUT2D eigenvalue weighted by molar-refractivity contribution is 6.31. The van der Waals surface area contributed by atoms with Gasteiger partial charge in [0.25, 0.3) is 5.91 Å². The Morgan fingerprint density at radius 3 is 1.81 bits per heavy atom. The molecule has 6 amide bonds. The minimum atomic E-state index is -2.07. The summed E-state index contributed by atoms with van der Waals surface area (Å²) in [5.74, 6) is -11.4. The largest absolute Gasteiger partial charge is 0.481 e. The Hall–Kier alpha value is -6.41. The number of amides is 6. The van der Waals surface area contributed by atoms with Gasteiger partial charge in [0.2, 0.25) is 23.6 Å². The number of carboxylic acid groups (broad SMARTS) is 3. The molecule has 12 N–H and O–H groups in total. The molecule has 2 aromatic carbocycles. The van der Waals surface area contributed by atoms with Crippen LogP contribution in [0.4, 0.5) is 5.69 Å². The van der Waals surface area contributed by atoms with Crippen molar-refractivity contribution < 1.29 is 63.6 Å². The van der Waals surface area contributed by atoms with Crippen LogP contribution >= 0.6 is 0 Å². The molecule has 310 valence electrons. The normalized spacial score (nSPS) is 14.1. The van der Waals surface area contributed by atoms with Gasteiger partial charge in [-0.05, 0) is 54.5 Å². The van der Waals surface area contributed by atoms with Gasteiger partial charge in [-0.1, -0.05) is 58.0 Å². The smallest absolute Gasteiger partial charge is 0.394 e. The van der Waals surface area contributed by atoms with Crippen LogP contribution in [0, 0.1) is 11.8 Å². The van der Waals surface area contributed by atoms with Gasteiger partial charge < -0.3 is 58.1 Å².